The van der Waals surface area contributed by atoms with Crippen LogP contribution >= 0.6 is 11.6 Å². The molecule has 1 aliphatic carbocycles. The molecule has 148 valence electrons. The van der Waals surface area contributed by atoms with Gasteiger partial charge in [-0.2, -0.15) is 0 Å². The Morgan fingerprint density at radius 2 is 1.90 bits per heavy atom. The third-order valence-corrected chi connectivity index (χ3v) is 5.56. The highest BCUT2D eigenvalue weighted by molar-refractivity contribution is 6.31. The normalized spacial score (nSPS) is 13.7. The molecule has 0 radical (unpaired) electrons. The van der Waals surface area contributed by atoms with Crippen LogP contribution in [0.15, 0.2) is 48.5 Å². The van der Waals surface area contributed by atoms with E-state index in [4.69, 9.17) is 16.3 Å². The number of aryl methyl sites for hydroxylation is 1. The van der Waals surface area contributed by atoms with E-state index < -0.39 is 12.1 Å². The van der Waals surface area contributed by atoms with Crippen molar-refractivity contribution >= 4 is 34.4 Å². The van der Waals surface area contributed by atoms with E-state index >= 15 is 0 Å². The van der Waals surface area contributed by atoms with E-state index in [0.717, 1.165) is 47.0 Å². The van der Waals surface area contributed by atoms with Crippen LogP contribution in [0, 0.1) is 0 Å². The summed E-state index contributed by atoms with van der Waals surface area (Å²) in [6.07, 6.45) is 1.69. The molecule has 1 amide bonds. The van der Waals surface area contributed by atoms with Gasteiger partial charge in [-0.3, -0.25) is 9.78 Å². The largest absolute Gasteiger partial charge is 0.449 e. The number of fused-ring (bicyclic) bond motifs is 2. The molecule has 29 heavy (non-hydrogen) atoms. The highest BCUT2D eigenvalue weighted by Crippen LogP contribution is 2.30. The maximum absolute atomic E-state index is 13.0. The molecule has 6 heteroatoms. The fourth-order valence-electron chi connectivity index (χ4n) is 3.68. The molecular weight excluding hydrogens is 388 g/mol. The second kappa shape index (κ2) is 8.21. The summed E-state index contributed by atoms with van der Waals surface area (Å²) < 4.78 is 5.54. The quantitative estimate of drug-likeness (QED) is 0.641. The van der Waals surface area contributed by atoms with E-state index in [1.807, 2.05) is 42.5 Å². The summed E-state index contributed by atoms with van der Waals surface area (Å²) in [7, 11) is 0. The summed E-state index contributed by atoms with van der Waals surface area (Å²) in [6.45, 7) is 1.84. The molecule has 1 heterocycles. The lowest BCUT2D eigenvalue weighted by Crippen LogP contribution is -2.35. The van der Waals surface area contributed by atoms with Gasteiger partial charge in [0.2, 0.25) is 0 Å². The molecule has 0 saturated carbocycles. The predicted octanol–water partition coefficient (Wildman–Crippen LogP) is 4.24. The van der Waals surface area contributed by atoms with Crippen LogP contribution in [0.25, 0.3) is 10.9 Å². The number of amides is 1. The highest BCUT2D eigenvalue weighted by Gasteiger charge is 2.27. The Balaban J connectivity index is 1.51. The SMILES string of the molecule is C[C@@H](OC(=O)c1c2c(nc3ccccc13)CCC2)C(=O)NCc1ccccc1Cl. The van der Waals surface area contributed by atoms with Crippen LogP contribution in [0.5, 0.6) is 0 Å². The number of aromatic nitrogens is 1. The van der Waals surface area contributed by atoms with E-state index in [1.165, 1.54) is 0 Å². The van der Waals surface area contributed by atoms with Crippen molar-refractivity contribution in [1.82, 2.24) is 10.3 Å². The first kappa shape index (κ1) is 19.4. The Morgan fingerprint density at radius 3 is 2.72 bits per heavy atom. The lowest BCUT2D eigenvalue weighted by atomic mass is 10.0. The number of pyridine rings is 1. The van der Waals surface area contributed by atoms with Crippen molar-refractivity contribution in [3.8, 4) is 0 Å². The van der Waals surface area contributed by atoms with Crippen LogP contribution in [-0.4, -0.2) is 23.0 Å². The van der Waals surface area contributed by atoms with Gasteiger partial charge in [-0.15, -0.1) is 0 Å². The molecule has 3 aromatic rings. The zero-order valence-corrected chi connectivity index (χ0v) is 16.8. The molecule has 1 aliphatic rings. The molecule has 0 unspecified atom stereocenters. The number of para-hydroxylation sites is 1. The Kier molecular flexibility index (Phi) is 5.49. The van der Waals surface area contributed by atoms with Crippen molar-refractivity contribution in [2.75, 3.05) is 0 Å². The topological polar surface area (TPSA) is 68.3 Å². The fraction of sp³-hybridized carbons (Fsp3) is 0.261. The summed E-state index contributed by atoms with van der Waals surface area (Å²) in [6, 6.07) is 14.8. The van der Waals surface area contributed by atoms with Crippen LogP contribution in [0.1, 0.15) is 40.5 Å². The molecule has 0 bridgehead atoms. The van der Waals surface area contributed by atoms with Gasteiger partial charge in [0.25, 0.3) is 5.91 Å². The molecular formula is C23H21ClN2O3. The van der Waals surface area contributed by atoms with Gasteiger partial charge in [0.05, 0.1) is 11.1 Å². The molecule has 5 nitrogen and oxygen atoms in total. The van der Waals surface area contributed by atoms with Gasteiger partial charge < -0.3 is 10.1 Å². The monoisotopic (exact) mass is 408 g/mol. The number of ether oxygens (including phenoxy) is 1. The number of rotatable bonds is 5. The van der Waals surface area contributed by atoms with E-state index in [1.54, 1.807) is 13.0 Å². The lowest BCUT2D eigenvalue weighted by Gasteiger charge is -2.16. The Bertz CT molecular complexity index is 1100. The van der Waals surface area contributed by atoms with E-state index in [-0.39, 0.29) is 12.5 Å². The number of halogens is 1. The average Bonchev–Trinajstić information content (AvgIpc) is 3.18. The lowest BCUT2D eigenvalue weighted by molar-refractivity contribution is -0.129. The van der Waals surface area contributed by atoms with E-state index in [2.05, 4.69) is 10.3 Å². The van der Waals surface area contributed by atoms with Crippen molar-refractivity contribution in [1.29, 1.82) is 0 Å². The summed E-state index contributed by atoms with van der Waals surface area (Å²) >= 11 is 6.12. The Hall–Kier alpha value is -2.92. The Labute approximate surface area is 174 Å². The number of nitrogens with zero attached hydrogens (tertiary/aromatic N) is 1. The average molecular weight is 409 g/mol. The van der Waals surface area contributed by atoms with Gasteiger partial charge in [-0.25, -0.2) is 4.79 Å². The van der Waals surface area contributed by atoms with Gasteiger partial charge in [-0.05, 0) is 49.4 Å². The second-order valence-electron chi connectivity index (χ2n) is 7.14. The molecule has 0 fully saturated rings. The molecule has 1 atom stereocenters. The summed E-state index contributed by atoms with van der Waals surface area (Å²) in [5, 5.41) is 4.12. The van der Waals surface area contributed by atoms with Gasteiger partial charge in [0.15, 0.2) is 6.10 Å². The zero-order chi connectivity index (χ0) is 20.4. The predicted molar refractivity (Wildman–Crippen MR) is 112 cm³/mol. The molecule has 0 saturated heterocycles. The minimum atomic E-state index is -0.922. The van der Waals surface area contributed by atoms with Gasteiger partial charge in [0.1, 0.15) is 0 Å². The van der Waals surface area contributed by atoms with Crippen molar-refractivity contribution in [2.45, 2.75) is 38.8 Å². The van der Waals surface area contributed by atoms with Crippen LogP contribution < -0.4 is 5.32 Å². The highest BCUT2D eigenvalue weighted by atomic mass is 35.5. The van der Waals surface area contributed by atoms with Crippen LogP contribution in [0.3, 0.4) is 0 Å². The van der Waals surface area contributed by atoms with Crippen molar-refractivity contribution in [3.05, 3.63) is 75.9 Å². The number of carbonyl (C=O) groups is 2. The number of esters is 1. The zero-order valence-electron chi connectivity index (χ0n) is 16.1. The third kappa shape index (κ3) is 3.96. The fourth-order valence-corrected chi connectivity index (χ4v) is 3.89. The molecule has 4 rings (SSSR count). The number of hydrogen-bond donors (Lipinski definition) is 1. The number of hydrogen-bond acceptors (Lipinski definition) is 4. The third-order valence-electron chi connectivity index (χ3n) is 5.19. The number of benzene rings is 2. The summed E-state index contributed by atoms with van der Waals surface area (Å²) in [5.74, 6) is -0.851. The van der Waals surface area contributed by atoms with Crippen molar-refractivity contribution in [2.24, 2.45) is 0 Å². The van der Waals surface area contributed by atoms with Crippen LogP contribution in [-0.2, 0) is 28.9 Å². The van der Waals surface area contributed by atoms with Crippen molar-refractivity contribution < 1.29 is 14.3 Å². The van der Waals surface area contributed by atoms with Gasteiger partial charge in [-0.1, -0.05) is 48.0 Å². The first-order chi connectivity index (χ1) is 14.0. The summed E-state index contributed by atoms with van der Waals surface area (Å²) in [5.41, 5.74) is 4.01. The maximum atomic E-state index is 13.0. The molecule has 0 aliphatic heterocycles. The molecule has 1 N–H and O–H groups in total. The first-order valence-corrected chi connectivity index (χ1v) is 10.0. The number of nitrogens with one attached hydrogen (secondary N) is 1. The molecule has 1 aromatic heterocycles. The van der Waals surface area contributed by atoms with Crippen LogP contribution in [0.4, 0.5) is 0 Å². The van der Waals surface area contributed by atoms with Crippen molar-refractivity contribution in [3.63, 3.8) is 0 Å². The molecule has 0 spiro atoms. The number of carbonyl (C=O) groups excluding carboxylic acids is 2. The summed E-state index contributed by atoms with van der Waals surface area (Å²) in [4.78, 5) is 30.1. The van der Waals surface area contributed by atoms with Crippen LogP contribution in [0.2, 0.25) is 5.02 Å². The molecule has 2 aromatic carbocycles. The van der Waals surface area contributed by atoms with Gasteiger partial charge >= 0.3 is 5.97 Å². The van der Waals surface area contributed by atoms with Gasteiger partial charge in [0, 0.05) is 22.6 Å². The Morgan fingerprint density at radius 1 is 1.14 bits per heavy atom. The van der Waals surface area contributed by atoms with E-state index in [9.17, 15) is 9.59 Å². The second-order valence-corrected chi connectivity index (χ2v) is 7.55. The minimum absolute atomic E-state index is 0.272. The first-order valence-electron chi connectivity index (χ1n) is 9.67. The maximum Gasteiger partial charge on any atom is 0.339 e. The standard InChI is InChI=1S/C23H21ClN2O3/c1-14(22(27)25-13-15-7-2-4-10-18(15)24)29-23(28)21-16-8-3-5-11-19(16)26-20-12-6-9-17(20)21/h2-5,7-8,10-11,14H,6,9,12-13H2,1H3,(H,25,27)/t14-/m1/s1. The smallest absolute Gasteiger partial charge is 0.339 e. The minimum Gasteiger partial charge on any atom is -0.449 e. The van der Waals surface area contributed by atoms with E-state index in [0.29, 0.717) is 10.6 Å².